The molecule has 0 saturated heterocycles. The third-order valence-corrected chi connectivity index (χ3v) is 2.79. The molecule has 0 aliphatic rings. The van der Waals surface area contributed by atoms with E-state index in [4.69, 9.17) is 0 Å². The molecule has 23 heavy (non-hydrogen) atoms. The molecule has 2 rings (SSSR count). The fourth-order valence-corrected chi connectivity index (χ4v) is 1.74. The van der Waals surface area contributed by atoms with Gasteiger partial charge in [0.1, 0.15) is 5.82 Å². The Labute approximate surface area is 128 Å². The molecular weight excluding hydrogens is 316 g/mol. The maximum atomic E-state index is 12.8. The molecule has 2 N–H and O–H groups in total. The van der Waals surface area contributed by atoms with Crippen molar-refractivity contribution in [2.45, 2.75) is 6.18 Å². The molecule has 120 valence electrons. The summed E-state index contributed by atoms with van der Waals surface area (Å²) in [5.74, 6) is -2.98. The number of halogens is 4. The summed E-state index contributed by atoms with van der Waals surface area (Å²) in [4.78, 5) is 23.4. The molecule has 0 spiro atoms. The minimum Gasteiger partial charge on any atom is -0.318 e. The van der Waals surface area contributed by atoms with Crippen molar-refractivity contribution in [1.82, 2.24) is 0 Å². The monoisotopic (exact) mass is 326 g/mol. The summed E-state index contributed by atoms with van der Waals surface area (Å²) >= 11 is 0. The van der Waals surface area contributed by atoms with Crippen molar-refractivity contribution in [3.05, 3.63) is 59.9 Å². The highest BCUT2D eigenvalue weighted by Crippen LogP contribution is 2.34. The second-order valence-electron chi connectivity index (χ2n) is 4.46. The van der Waals surface area contributed by atoms with E-state index in [1.165, 1.54) is 18.2 Å². The molecule has 0 radical (unpaired) electrons. The van der Waals surface area contributed by atoms with E-state index >= 15 is 0 Å². The van der Waals surface area contributed by atoms with E-state index < -0.39 is 35.1 Å². The molecule has 0 aliphatic heterocycles. The molecule has 2 amide bonds. The van der Waals surface area contributed by atoms with Crippen LogP contribution in [0.5, 0.6) is 0 Å². The van der Waals surface area contributed by atoms with Gasteiger partial charge < -0.3 is 10.6 Å². The zero-order chi connectivity index (χ0) is 17.0. The summed E-state index contributed by atoms with van der Waals surface area (Å²) in [6.45, 7) is 0. The highest BCUT2D eigenvalue weighted by Gasteiger charge is 2.34. The van der Waals surface area contributed by atoms with E-state index in [1.54, 1.807) is 0 Å². The van der Waals surface area contributed by atoms with Crippen molar-refractivity contribution >= 4 is 23.2 Å². The summed E-state index contributed by atoms with van der Waals surface area (Å²) in [5, 5.41) is 4.05. The molecule has 0 unspecified atom stereocenters. The van der Waals surface area contributed by atoms with Crippen LogP contribution in [0.15, 0.2) is 48.5 Å². The van der Waals surface area contributed by atoms with Crippen LogP contribution >= 0.6 is 0 Å². The number of hydrogen-bond donors (Lipinski definition) is 2. The lowest BCUT2D eigenvalue weighted by molar-refractivity contribution is -0.137. The van der Waals surface area contributed by atoms with Crippen LogP contribution < -0.4 is 10.6 Å². The van der Waals surface area contributed by atoms with Gasteiger partial charge in [-0.05, 0) is 36.4 Å². The van der Waals surface area contributed by atoms with Crippen molar-refractivity contribution in [1.29, 1.82) is 0 Å². The molecule has 2 aromatic rings. The number of carbonyl (C=O) groups is 2. The lowest BCUT2D eigenvalue weighted by atomic mass is 10.1. The van der Waals surface area contributed by atoms with Crippen molar-refractivity contribution in [2.75, 3.05) is 10.6 Å². The third-order valence-electron chi connectivity index (χ3n) is 2.79. The predicted molar refractivity (Wildman–Crippen MR) is 75.1 cm³/mol. The van der Waals surface area contributed by atoms with Gasteiger partial charge in [-0.1, -0.05) is 12.1 Å². The summed E-state index contributed by atoms with van der Waals surface area (Å²) in [7, 11) is 0. The first-order valence-electron chi connectivity index (χ1n) is 6.31. The maximum absolute atomic E-state index is 12.8. The standard InChI is InChI=1S/C15H10F4N2O2/c16-9-5-7-10(8-6-9)20-13(22)14(23)21-12-4-2-1-3-11(12)15(17,18)19/h1-8H,(H,20,22)(H,21,23). The van der Waals surface area contributed by atoms with Crippen LogP contribution in [-0.2, 0) is 15.8 Å². The van der Waals surface area contributed by atoms with E-state index in [0.717, 1.165) is 30.3 Å². The van der Waals surface area contributed by atoms with Gasteiger partial charge >= 0.3 is 18.0 Å². The number of para-hydroxylation sites is 1. The Morgan fingerprint density at radius 1 is 0.826 bits per heavy atom. The van der Waals surface area contributed by atoms with Crippen molar-refractivity contribution in [3.63, 3.8) is 0 Å². The van der Waals surface area contributed by atoms with E-state index in [2.05, 4.69) is 5.32 Å². The molecule has 0 aliphatic carbocycles. The van der Waals surface area contributed by atoms with Crippen LogP contribution in [0.3, 0.4) is 0 Å². The average molecular weight is 326 g/mol. The van der Waals surface area contributed by atoms with Crippen molar-refractivity contribution in [3.8, 4) is 0 Å². The molecule has 0 bridgehead atoms. The molecule has 0 atom stereocenters. The SMILES string of the molecule is O=C(Nc1ccc(F)cc1)C(=O)Nc1ccccc1C(F)(F)F. The van der Waals surface area contributed by atoms with E-state index in [9.17, 15) is 27.2 Å². The van der Waals surface area contributed by atoms with Crippen LogP contribution in [0.2, 0.25) is 0 Å². The maximum Gasteiger partial charge on any atom is 0.418 e. The first-order chi connectivity index (χ1) is 10.8. The summed E-state index contributed by atoms with van der Waals surface area (Å²) < 4.78 is 51.1. The Morgan fingerprint density at radius 2 is 1.39 bits per heavy atom. The minimum atomic E-state index is -4.67. The van der Waals surface area contributed by atoms with Gasteiger partial charge in [0.15, 0.2) is 0 Å². The fourth-order valence-electron chi connectivity index (χ4n) is 1.74. The molecule has 0 saturated carbocycles. The van der Waals surface area contributed by atoms with Gasteiger partial charge in [0, 0.05) is 5.69 Å². The Bertz CT molecular complexity index is 727. The predicted octanol–water partition coefficient (Wildman–Crippen LogP) is 3.42. The third kappa shape index (κ3) is 4.29. The second kappa shape index (κ2) is 6.47. The molecule has 2 aromatic carbocycles. The molecular formula is C15H10F4N2O2. The van der Waals surface area contributed by atoms with Gasteiger partial charge in [-0.15, -0.1) is 0 Å². The Kier molecular flexibility index (Phi) is 4.63. The second-order valence-corrected chi connectivity index (χ2v) is 4.46. The van der Waals surface area contributed by atoms with Gasteiger partial charge in [-0.25, -0.2) is 4.39 Å². The molecule has 0 aromatic heterocycles. The van der Waals surface area contributed by atoms with Crippen LogP contribution in [0.1, 0.15) is 5.56 Å². The Hall–Kier alpha value is -2.90. The highest BCUT2D eigenvalue weighted by molar-refractivity contribution is 6.43. The van der Waals surface area contributed by atoms with Gasteiger partial charge in [-0.3, -0.25) is 9.59 Å². The Morgan fingerprint density at radius 3 is 2.00 bits per heavy atom. The van der Waals surface area contributed by atoms with Gasteiger partial charge in [0.25, 0.3) is 0 Å². The van der Waals surface area contributed by atoms with E-state index in [0.29, 0.717) is 0 Å². The number of nitrogens with one attached hydrogen (secondary N) is 2. The minimum absolute atomic E-state index is 0.135. The van der Waals surface area contributed by atoms with E-state index in [1.807, 2.05) is 5.32 Å². The first-order valence-corrected chi connectivity index (χ1v) is 6.31. The zero-order valence-corrected chi connectivity index (χ0v) is 11.4. The highest BCUT2D eigenvalue weighted by atomic mass is 19.4. The van der Waals surface area contributed by atoms with Crippen LogP contribution in [0.4, 0.5) is 28.9 Å². The molecule has 8 heteroatoms. The number of amides is 2. The normalized spacial score (nSPS) is 11.0. The molecule has 4 nitrogen and oxygen atoms in total. The van der Waals surface area contributed by atoms with Crippen LogP contribution in [-0.4, -0.2) is 11.8 Å². The lowest BCUT2D eigenvalue weighted by Gasteiger charge is -2.13. The zero-order valence-electron chi connectivity index (χ0n) is 11.4. The smallest absolute Gasteiger partial charge is 0.318 e. The topological polar surface area (TPSA) is 58.2 Å². The summed E-state index contributed by atoms with van der Waals surface area (Å²) in [5.41, 5.74) is -1.46. The number of carbonyl (C=O) groups excluding carboxylic acids is 2. The average Bonchev–Trinajstić information content (AvgIpc) is 2.49. The molecule has 0 heterocycles. The summed E-state index contributed by atoms with van der Waals surface area (Å²) in [6, 6.07) is 8.83. The number of rotatable bonds is 2. The largest absolute Gasteiger partial charge is 0.418 e. The van der Waals surface area contributed by atoms with Gasteiger partial charge in [0.2, 0.25) is 0 Å². The number of hydrogen-bond acceptors (Lipinski definition) is 2. The van der Waals surface area contributed by atoms with Crippen molar-refractivity contribution in [2.24, 2.45) is 0 Å². The van der Waals surface area contributed by atoms with Gasteiger partial charge in [-0.2, -0.15) is 13.2 Å². The lowest BCUT2D eigenvalue weighted by Crippen LogP contribution is -2.30. The van der Waals surface area contributed by atoms with Crippen LogP contribution in [0.25, 0.3) is 0 Å². The fraction of sp³-hybridized carbons (Fsp3) is 0.0667. The van der Waals surface area contributed by atoms with Gasteiger partial charge in [0.05, 0.1) is 11.3 Å². The number of anilines is 2. The summed E-state index contributed by atoms with van der Waals surface area (Å²) in [6.07, 6.45) is -4.67. The first kappa shape index (κ1) is 16.5. The number of benzene rings is 2. The Balaban J connectivity index is 2.10. The number of alkyl halides is 3. The quantitative estimate of drug-likeness (QED) is 0.656. The van der Waals surface area contributed by atoms with Crippen LogP contribution in [0, 0.1) is 5.82 Å². The molecule has 0 fully saturated rings. The van der Waals surface area contributed by atoms with Crippen molar-refractivity contribution < 1.29 is 27.2 Å². The van der Waals surface area contributed by atoms with E-state index in [-0.39, 0.29) is 5.69 Å².